The molecule has 27 heavy (non-hydrogen) atoms. The average Bonchev–Trinajstić information content (AvgIpc) is 2.62. The Morgan fingerprint density at radius 2 is 1.07 bits per heavy atom. The molecule has 1 N–H and O–H groups in total. The maximum atomic E-state index is 10.3. The first-order valence-corrected chi connectivity index (χ1v) is 11.2. The number of aliphatic hydroxyl groups is 1. The van der Waals surface area contributed by atoms with E-state index in [4.69, 9.17) is 0 Å². The summed E-state index contributed by atoms with van der Waals surface area (Å²) < 4.78 is 0. The van der Waals surface area contributed by atoms with Crippen LogP contribution in [-0.4, -0.2) is 11.1 Å². The van der Waals surface area contributed by atoms with Crippen LogP contribution in [0.4, 0.5) is 0 Å². The van der Waals surface area contributed by atoms with E-state index in [-0.39, 0.29) is 48.2 Å². The summed E-state index contributed by atoms with van der Waals surface area (Å²) in [6, 6.07) is 0. The molecule has 154 valence electrons. The van der Waals surface area contributed by atoms with Crippen molar-refractivity contribution in [3.05, 3.63) is 11.8 Å². The maximum Gasteiger partial charge on any atom is 1.00 e. The van der Waals surface area contributed by atoms with Gasteiger partial charge in [-0.1, -0.05) is 103 Å². The van der Waals surface area contributed by atoms with Crippen molar-refractivity contribution in [2.45, 2.75) is 129 Å². The third kappa shape index (κ3) is 26.0. The Morgan fingerprint density at radius 3 is 1.44 bits per heavy atom. The number of carbonyl (C=O) groups excluding carboxylic acids is 1. The number of aliphatic carboxylic acids is 1. The Bertz CT molecular complexity index is 343. The Hall–Kier alpha value is 0.0100. The molecule has 0 aliphatic rings. The van der Waals surface area contributed by atoms with Gasteiger partial charge in [0.1, 0.15) is 0 Å². The molecule has 0 aromatic carbocycles. The van der Waals surface area contributed by atoms with E-state index in [0.29, 0.717) is 0 Å². The Kier molecular flexibility index (Phi) is 26.0. The standard InChI is InChI=1S/C23H44O3.Na/c1-2-3-4-5-6-7-8-9-10-11-12-13-14-15-16-17-18-19-22(24)20-21-23(25)26;/h19,24H,2-18,20-21H2,1H3,(H,25,26);/q;+1/p-1. The normalized spacial score (nSPS) is 11.4. The molecule has 0 saturated carbocycles. The predicted octanol–water partition coefficient (Wildman–Crippen LogP) is 3.61. The second-order valence-electron chi connectivity index (χ2n) is 7.66. The number of hydrogen-bond donors (Lipinski definition) is 1. The summed E-state index contributed by atoms with van der Waals surface area (Å²) >= 11 is 0. The molecule has 0 aromatic heterocycles. The van der Waals surface area contributed by atoms with Crippen molar-refractivity contribution in [1.82, 2.24) is 0 Å². The first kappa shape index (κ1) is 29.2. The number of carbonyl (C=O) groups is 1. The van der Waals surface area contributed by atoms with Gasteiger partial charge >= 0.3 is 29.6 Å². The summed E-state index contributed by atoms with van der Waals surface area (Å²) in [5.74, 6) is -0.914. The molecule has 3 nitrogen and oxygen atoms in total. The average molecular weight is 391 g/mol. The molecule has 0 aromatic rings. The van der Waals surface area contributed by atoms with Crippen molar-refractivity contribution in [2.75, 3.05) is 0 Å². The predicted molar refractivity (Wildman–Crippen MR) is 109 cm³/mol. The minimum absolute atomic E-state index is 0. The number of rotatable bonds is 20. The van der Waals surface area contributed by atoms with E-state index < -0.39 is 5.97 Å². The van der Waals surface area contributed by atoms with Crippen LogP contribution in [0.2, 0.25) is 0 Å². The molecule has 0 rings (SSSR count). The molecule has 0 saturated heterocycles. The first-order valence-electron chi connectivity index (χ1n) is 11.2. The zero-order valence-corrected chi connectivity index (χ0v) is 20.3. The third-order valence-electron chi connectivity index (χ3n) is 5.02. The monoisotopic (exact) mass is 390 g/mol. The van der Waals surface area contributed by atoms with Crippen molar-refractivity contribution in [2.24, 2.45) is 0 Å². The summed E-state index contributed by atoms with van der Waals surface area (Å²) in [6.07, 6.45) is 24.4. The van der Waals surface area contributed by atoms with Crippen molar-refractivity contribution in [3.63, 3.8) is 0 Å². The molecule has 0 aliphatic carbocycles. The van der Waals surface area contributed by atoms with Gasteiger partial charge in [0.05, 0.1) is 5.76 Å². The fraction of sp³-hybridized carbons (Fsp3) is 0.870. The van der Waals surface area contributed by atoms with Crippen LogP contribution in [0.1, 0.15) is 129 Å². The van der Waals surface area contributed by atoms with Crippen LogP contribution in [0.5, 0.6) is 0 Å². The zero-order chi connectivity index (χ0) is 19.3. The Morgan fingerprint density at radius 1 is 0.704 bits per heavy atom. The first-order chi connectivity index (χ1) is 12.7. The molecule has 0 bridgehead atoms. The van der Waals surface area contributed by atoms with Gasteiger partial charge in [-0.25, -0.2) is 0 Å². The van der Waals surface area contributed by atoms with E-state index in [2.05, 4.69) is 6.92 Å². The van der Waals surface area contributed by atoms with E-state index >= 15 is 0 Å². The van der Waals surface area contributed by atoms with E-state index in [1.165, 1.54) is 96.3 Å². The van der Waals surface area contributed by atoms with Gasteiger partial charge < -0.3 is 15.0 Å². The third-order valence-corrected chi connectivity index (χ3v) is 5.02. The quantitative estimate of drug-likeness (QED) is 0.196. The number of allylic oxidation sites excluding steroid dienone is 2. The zero-order valence-electron chi connectivity index (χ0n) is 18.3. The summed E-state index contributed by atoms with van der Waals surface area (Å²) in [5, 5.41) is 19.8. The van der Waals surface area contributed by atoms with E-state index in [1.54, 1.807) is 6.08 Å². The second kappa shape index (κ2) is 24.0. The molecule has 0 amide bonds. The molecule has 0 heterocycles. The Balaban J connectivity index is 0. The van der Waals surface area contributed by atoms with Crippen molar-refractivity contribution >= 4 is 5.97 Å². The molecular weight excluding hydrogens is 347 g/mol. The fourth-order valence-electron chi connectivity index (χ4n) is 3.29. The van der Waals surface area contributed by atoms with Crippen LogP contribution in [0.3, 0.4) is 0 Å². The molecule has 0 spiro atoms. The number of carboxylic acids is 1. The maximum absolute atomic E-state index is 10.3. The van der Waals surface area contributed by atoms with E-state index in [0.717, 1.165) is 12.8 Å². The van der Waals surface area contributed by atoms with Gasteiger partial charge in [-0.2, -0.15) is 0 Å². The Labute approximate surface area is 190 Å². The summed E-state index contributed by atoms with van der Waals surface area (Å²) in [7, 11) is 0. The smallest absolute Gasteiger partial charge is 0.550 e. The molecule has 0 unspecified atom stereocenters. The number of carboxylic acid groups (broad SMARTS) is 1. The minimum atomic E-state index is -1.10. The molecule has 0 atom stereocenters. The van der Waals surface area contributed by atoms with Gasteiger partial charge in [0.2, 0.25) is 0 Å². The van der Waals surface area contributed by atoms with Gasteiger partial charge in [-0.05, 0) is 25.3 Å². The SMILES string of the molecule is CCCCCCCCCCCCCCCCCCC=C(O)CCC(=O)[O-].[Na+]. The van der Waals surface area contributed by atoms with Crippen molar-refractivity contribution in [3.8, 4) is 0 Å². The topological polar surface area (TPSA) is 60.4 Å². The largest absolute Gasteiger partial charge is 1.00 e. The van der Waals surface area contributed by atoms with Crippen LogP contribution in [0, 0.1) is 0 Å². The van der Waals surface area contributed by atoms with E-state index in [9.17, 15) is 15.0 Å². The number of hydrogen-bond acceptors (Lipinski definition) is 3. The summed E-state index contributed by atoms with van der Waals surface area (Å²) in [5.41, 5.74) is 0. The van der Waals surface area contributed by atoms with Gasteiger partial charge in [-0.3, -0.25) is 0 Å². The second-order valence-corrected chi connectivity index (χ2v) is 7.66. The van der Waals surface area contributed by atoms with Gasteiger partial charge in [0, 0.05) is 12.4 Å². The molecule has 0 fully saturated rings. The number of aliphatic hydroxyl groups excluding tert-OH is 1. The minimum Gasteiger partial charge on any atom is -0.550 e. The molecule has 0 radical (unpaired) electrons. The van der Waals surface area contributed by atoms with Crippen LogP contribution >= 0.6 is 0 Å². The molecule has 0 aliphatic heterocycles. The van der Waals surface area contributed by atoms with Gasteiger partial charge in [0.25, 0.3) is 0 Å². The van der Waals surface area contributed by atoms with Gasteiger partial charge in [-0.15, -0.1) is 0 Å². The van der Waals surface area contributed by atoms with Crippen molar-refractivity contribution < 1.29 is 44.6 Å². The summed E-state index contributed by atoms with van der Waals surface area (Å²) in [6.45, 7) is 2.27. The fourth-order valence-corrected chi connectivity index (χ4v) is 3.29. The van der Waals surface area contributed by atoms with Gasteiger partial charge in [0.15, 0.2) is 0 Å². The molecular formula is C23H43NaO3. The van der Waals surface area contributed by atoms with Crippen LogP contribution < -0.4 is 34.7 Å². The van der Waals surface area contributed by atoms with Crippen molar-refractivity contribution in [1.29, 1.82) is 0 Å². The number of unbranched alkanes of at least 4 members (excludes halogenated alkanes) is 16. The van der Waals surface area contributed by atoms with Crippen LogP contribution in [0.25, 0.3) is 0 Å². The van der Waals surface area contributed by atoms with Crippen LogP contribution in [0.15, 0.2) is 11.8 Å². The summed E-state index contributed by atoms with van der Waals surface area (Å²) in [4.78, 5) is 10.3. The van der Waals surface area contributed by atoms with Crippen LogP contribution in [-0.2, 0) is 4.79 Å². The molecule has 4 heteroatoms. The van der Waals surface area contributed by atoms with E-state index in [1.807, 2.05) is 0 Å².